The molecule has 1 aliphatic carbocycles. The molecule has 1 amide bonds. The number of rotatable bonds is 1. The Hall–Kier alpha value is -0.570. The highest BCUT2D eigenvalue weighted by molar-refractivity contribution is 5.82. The van der Waals surface area contributed by atoms with Crippen molar-refractivity contribution in [3.05, 3.63) is 0 Å². The molecular weight excluding hydrogens is 214 g/mol. The second-order valence-electron chi connectivity index (χ2n) is 6.21. The molecule has 1 N–H and O–H groups in total. The topological polar surface area (TPSA) is 40.5 Å². The van der Waals surface area contributed by atoms with Crippen LogP contribution in [0.3, 0.4) is 0 Å². The van der Waals surface area contributed by atoms with Crippen LogP contribution in [0.15, 0.2) is 0 Å². The zero-order chi connectivity index (χ0) is 12.5. The van der Waals surface area contributed by atoms with Crippen LogP contribution in [0.4, 0.5) is 0 Å². The Morgan fingerprint density at radius 3 is 2.53 bits per heavy atom. The molecule has 0 aromatic heterocycles. The average Bonchev–Trinajstić information content (AvgIpc) is 2.33. The lowest BCUT2D eigenvalue weighted by atomic mass is 9.74. The second kappa shape index (κ2) is 4.97. The lowest BCUT2D eigenvalue weighted by molar-refractivity contribution is -0.146. The van der Waals surface area contributed by atoms with Crippen molar-refractivity contribution >= 4 is 5.91 Å². The number of aliphatic hydroxyl groups is 1. The minimum absolute atomic E-state index is 0.125. The monoisotopic (exact) mass is 239 g/mol. The summed E-state index contributed by atoms with van der Waals surface area (Å²) in [7, 11) is 0. The predicted molar refractivity (Wildman–Crippen MR) is 67.6 cm³/mol. The zero-order valence-electron chi connectivity index (χ0n) is 11.1. The van der Waals surface area contributed by atoms with Crippen molar-refractivity contribution in [2.45, 2.75) is 58.5 Å². The number of nitrogens with zero attached hydrogens (tertiary/aromatic N) is 1. The van der Waals surface area contributed by atoms with Gasteiger partial charge in [0.15, 0.2) is 0 Å². The van der Waals surface area contributed by atoms with Crippen molar-refractivity contribution < 1.29 is 9.90 Å². The summed E-state index contributed by atoms with van der Waals surface area (Å²) >= 11 is 0. The first kappa shape index (κ1) is 12.9. The van der Waals surface area contributed by atoms with Gasteiger partial charge in [-0.05, 0) is 25.2 Å². The van der Waals surface area contributed by atoms with Crippen LogP contribution in [0.25, 0.3) is 0 Å². The van der Waals surface area contributed by atoms with E-state index < -0.39 is 0 Å². The van der Waals surface area contributed by atoms with Gasteiger partial charge >= 0.3 is 0 Å². The van der Waals surface area contributed by atoms with Gasteiger partial charge in [-0.3, -0.25) is 4.79 Å². The van der Waals surface area contributed by atoms with Crippen molar-refractivity contribution in [2.24, 2.45) is 11.3 Å². The number of hydrogen-bond acceptors (Lipinski definition) is 2. The van der Waals surface area contributed by atoms with Gasteiger partial charge in [0.25, 0.3) is 0 Å². The van der Waals surface area contributed by atoms with Gasteiger partial charge in [-0.25, -0.2) is 0 Å². The fourth-order valence-electron chi connectivity index (χ4n) is 3.25. The summed E-state index contributed by atoms with van der Waals surface area (Å²) in [4.78, 5) is 14.6. The molecule has 2 aliphatic rings. The quantitative estimate of drug-likeness (QED) is 0.762. The first-order chi connectivity index (χ1) is 8.03. The molecule has 1 saturated heterocycles. The number of hydrogen-bond donors (Lipinski definition) is 1. The Bertz CT molecular complexity index is 284. The molecule has 3 nitrogen and oxygen atoms in total. The molecule has 2 atom stereocenters. The highest BCUT2D eigenvalue weighted by atomic mass is 16.3. The highest BCUT2D eigenvalue weighted by Gasteiger charge is 2.39. The first-order valence-corrected chi connectivity index (χ1v) is 7.00. The molecule has 2 rings (SSSR count). The van der Waals surface area contributed by atoms with E-state index in [2.05, 4.69) is 6.92 Å². The molecule has 1 saturated carbocycles. The molecule has 2 unspecified atom stereocenters. The smallest absolute Gasteiger partial charge is 0.228 e. The standard InChI is InChI=1S/C14H25NO2/c1-11-10-15(9-6-12(11)16)13(17)14(2)7-4-3-5-8-14/h11-12,16H,3-10H2,1-2H3. The number of amides is 1. The van der Waals surface area contributed by atoms with Gasteiger partial charge in [-0.15, -0.1) is 0 Å². The Morgan fingerprint density at radius 1 is 1.29 bits per heavy atom. The van der Waals surface area contributed by atoms with Crippen LogP contribution in [-0.2, 0) is 4.79 Å². The van der Waals surface area contributed by atoms with E-state index in [0.29, 0.717) is 5.91 Å². The third-order valence-corrected chi connectivity index (χ3v) is 4.62. The molecule has 0 bridgehead atoms. The van der Waals surface area contributed by atoms with E-state index >= 15 is 0 Å². The largest absolute Gasteiger partial charge is 0.393 e. The molecule has 3 heteroatoms. The van der Waals surface area contributed by atoms with E-state index in [9.17, 15) is 9.90 Å². The number of aliphatic hydroxyl groups excluding tert-OH is 1. The van der Waals surface area contributed by atoms with E-state index in [4.69, 9.17) is 0 Å². The fraction of sp³-hybridized carbons (Fsp3) is 0.929. The Morgan fingerprint density at radius 2 is 1.94 bits per heavy atom. The van der Waals surface area contributed by atoms with Crippen LogP contribution in [0.2, 0.25) is 0 Å². The summed E-state index contributed by atoms with van der Waals surface area (Å²) in [6.45, 7) is 5.63. The van der Waals surface area contributed by atoms with Crippen LogP contribution >= 0.6 is 0 Å². The predicted octanol–water partition coefficient (Wildman–Crippen LogP) is 2.19. The van der Waals surface area contributed by atoms with E-state index in [1.807, 2.05) is 11.8 Å². The van der Waals surface area contributed by atoms with E-state index in [0.717, 1.165) is 32.4 Å². The molecule has 1 aliphatic heterocycles. The van der Waals surface area contributed by atoms with Crippen molar-refractivity contribution in [3.63, 3.8) is 0 Å². The molecule has 98 valence electrons. The maximum Gasteiger partial charge on any atom is 0.228 e. The van der Waals surface area contributed by atoms with Gasteiger partial charge in [-0.1, -0.05) is 33.1 Å². The van der Waals surface area contributed by atoms with Crippen molar-refractivity contribution in [2.75, 3.05) is 13.1 Å². The van der Waals surface area contributed by atoms with Crippen LogP contribution in [0, 0.1) is 11.3 Å². The van der Waals surface area contributed by atoms with Crippen molar-refractivity contribution in [1.29, 1.82) is 0 Å². The zero-order valence-corrected chi connectivity index (χ0v) is 11.1. The number of likely N-dealkylation sites (tertiary alicyclic amines) is 1. The molecule has 0 spiro atoms. The lowest BCUT2D eigenvalue weighted by Crippen LogP contribution is -2.50. The third-order valence-electron chi connectivity index (χ3n) is 4.62. The van der Waals surface area contributed by atoms with Gasteiger partial charge < -0.3 is 10.0 Å². The maximum atomic E-state index is 12.6. The average molecular weight is 239 g/mol. The summed E-state index contributed by atoms with van der Waals surface area (Å²) in [6, 6.07) is 0. The highest BCUT2D eigenvalue weighted by Crippen LogP contribution is 2.38. The molecule has 0 aromatic carbocycles. The van der Waals surface area contributed by atoms with E-state index in [-0.39, 0.29) is 17.4 Å². The molecule has 0 aromatic rings. The van der Waals surface area contributed by atoms with Crippen LogP contribution < -0.4 is 0 Å². The number of carbonyl (C=O) groups excluding carboxylic acids is 1. The molecule has 2 fully saturated rings. The fourth-order valence-corrected chi connectivity index (χ4v) is 3.25. The van der Waals surface area contributed by atoms with Gasteiger partial charge in [0.2, 0.25) is 5.91 Å². The SMILES string of the molecule is CC1CN(C(=O)C2(C)CCCCC2)CCC1O. The molecule has 0 radical (unpaired) electrons. The molecule has 17 heavy (non-hydrogen) atoms. The molecule has 1 heterocycles. The summed E-state index contributed by atoms with van der Waals surface area (Å²) in [6.07, 6.45) is 6.25. The van der Waals surface area contributed by atoms with E-state index in [1.54, 1.807) is 0 Å². The summed E-state index contributed by atoms with van der Waals surface area (Å²) in [5.41, 5.74) is -0.125. The van der Waals surface area contributed by atoms with Crippen LogP contribution in [0.5, 0.6) is 0 Å². The third kappa shape index (κ3) is 2.65. The minimum atomic E-state index is -0.224. The second-order valence-corrected chi connectivity index (χ2v) is 6.21. The van der Waals surface area contributed by atoms with Gasteiger partial charge in [0, 0.05) is 18.5 Å². The lowest BCUT2D eigenvalue weighted by Gasteiger charge is -2.41. The normalized spacial score (nSPS) is 33.5. The van der Waals surface area contributed by atoms with Crippen LogP contribution in [-0.4, -0.2) is 35.1 Å². The molecular formula is C14H25NO2. The van der Waals surface area contributed by atoms with Gasteiger partial charge in [0.05, 0.1) is 6.10 Å². The summed E-state index contributed by atoms with van der Waals surface area (Å²) < 4.78 is 0. The van der Waals surface area contributed by atoms with Gasteiger partial charge in [0.1, 0.15) is 0 Å². The Labute approximate surface area is 104 Å². The van der Waals surface area contributed by atoms with Crippen LogP contribution in [0.1, 0.15) is 52.4 Å². The minimum Gasteiger partial charge on any atom is -0.393 e. The van der Waals surface area contributed by atoms with Crippen molar-refractivity contribution in [3.8, 4) is 0 Å². The Kier molecular flexibility index (Phi) is 3.76. The summed E-state index contributed by atoms with van der Waals surface area (Å²) in [5.74, 6) is 0.552. The number of carbonyl (C=O) groups is 1. The Balaban J connectivity index is 1.99. The van der Waals surface area contributed by atoms with E-state index in [1.165, 1.54) is 19.3 Å². The van der Waals surface area contributed by atoms with Gasteiger partial charge in [-0.2, -0.15) is 0 Å². The van der Waals surface area contributed by atoms with Crippen molar-refractivity contribution in [1.82, 2.24) is 4.90 Å². The first-order valence-electron chi connectivity index (χ1n) is 7.00. The maximum absolute atomic E-state index is 12.6. The summed E-state index contributed by atoms with van der Waals surface area (Å²) in [5, 5.41) is 9.71. The number of piperidine rings is 1.